The summed E-state index contributed by atoms with van der Waals surface area (Å²) in [6, 6.07) is 0. The smallest absolute Gasteiger partial charge is 0.328 e. The molecular formula is C3H11O6P2+. The maximum Gasteiger partial charge on any atom is 0.694 e. The van der Waals surface area contributed by atoms with Crippen LogP contribution in [0.4, 0.5) is 0 Å². The van der Waals surface area contributed by atoms with Crippen LogP contribution in [0.25, 0.3) is 0 Å². The Bertz CT molecular complexity index is 93.8. The van der Waals surface area contributed by atoms with Crippen LogP contribution in [0.15, 0.2) is 0 Å². The van der Waals surface area contributed by atoms with Crippen molar-refractivity contribution in [2.45, 2.75) is 0 Å². The summed E-state index contributed by atoms with van der Waals surface area (Å²) >= 11 is 0. The zero-order valence-electron chi connectivity index (χ0n) is 6.42. The van der Waals surface area contributed by atoms with Crippen LogP contribution in [0.2, 0.25) is 0 Å². The molecule has 0 heterocycles. The Morgan fingerprint density at radius 3 is 1.55 bits per heavy atom. The van der Waals surface area contributed by atoms with E-state index in [-0.39, 0.29) is 0 Å². The molecule has 0 aliphatic heterocycles. The van der Waals surface area contributed by atoms with Crippen LogP contribution >= 0.6 is 16.9 Å². The lowest BCUT2D eigenvalue weighted by Crippen LogP contribution is -1.75. The van der Waals surface area contributed by atoms with Gasteiger partial charge >= 0.3 is 16.9 Å². The van der Waals surface area contributed by atoms with Crippen molar-refractivity contribution in [1.82, 2.24) is 0 Å². The minimum atomic E-state index is -2.35. The van der Waals surface area contributed by atoms with Crippen LogP contribution in [-0.4, -0.2) is 31.1 Å². The average molecular weight is 205 g/mol. The van der Waals surface area contributed by atoms with Crippen molar-refractivity contribution in [2.24, 2.45) is 0 Å². The fraction of sp³-hybridized carbons (Fsp3) is 1.00. The summed E-state index contributed by atoms with van der Waals surface area (Å²) < 4.78 is 21.7. The highest BCUT2D eigenvalue weighted by atomic mass is 31.2. The average Bonchev–Trinajstić information content (AvgIpc) is 2.04. The quantitative estimate of drug-likeness (QED) is 0.662. The molecule has 0 spiro atoms. The third-order valence-electron chi connectivity index (χ3n) is 0.469. The minimum Gasteiger partial charge on any atom is -0.328 e. The highest BCUT2D eigenvalue weighted by Crippen LogP contribution is 2.28. The summed E-state index contributed by atoms with van der Waals surface area (Å²) in [5.74, 6) is 0. The van der Waals surface area contributed by atoms with Crippen molar-refractivity contribution in [3.8, 4) is 0 Å². The summed E-state index contributed by atoms with van der Waals surface area (Å²) in [5, 5.41) is 0. The van der Waals surface area contributed by atoms with Crippen LogP contribution < -0.4 is 0 Å². The lowest BCUT2D eigenvalue weighted by Gasteiger charge is -1.98. The Labute approximate surface area is 67.0 Å². The molecule has 8 heteroatoms. The van der Waals surface area contributed by atoms with E-state index < -0.39 is 16.9 Å². The summed E-state index contributed by atoms with van der Waals surface area (Å²) in [6.07, 6.45) is 0. The zero-order chi connectivity index (χ0) is 9.28. The molecule has 0 aromatic rings. The fourth-order valence-corrected chi connectivity index (χ4v) is 0.224. The molecule has 0 fully saturated rings. The van der Waals surface area contributed by atoms with Crippen LogP contribution in [0.3, 0.4) is 0 Å². The van der Waals surface area contributed by atoms with E-state index in [2.05, 4.69) is 13.6 Å². The fourth-order valence-electron chi connectivity index (χ4n) is 0.0745. The summed E-state index contributed by atoms with van der Waals surface area (Å²) in [6.45, 7) is 0. The molecular weight excluding hydrogens is 194 g/mol. The third-order valence-corrected chi connectivity index (χ3v) is 1.41. The minimum absolute atomic E-state index is 1.17. The first-order valence-electron chi connectivity index (χ1n) is 2.36. The molecule has 1 atom stereocenters. The summed E-state index contributed by atoms with van der Waals surface area (Å²) in [5.41, 5.74) is 0. The molecule has 68 valence electrons. The summed E-state index contributed by atoms with van der Waals surface area (Å²) in [4.78, 5) is 15.9. The maximum atomic E-state index is 9.29. The molecule has 0 aromatic heterocycles. The zero-order valence-corrected chi connectivity index (χ0v) is 8.21. The van der Waals surface area contributed by atoms with Gasteiger partial charge in [-0.25, -0.2) is 0 Å². The Hall–Kier alpha value is 0.330. The van der Waals surface area contributed by atoms with E-state index in [0.29, 0.717) is 0 Å². The first-order chi connectivity index (χ1) is 5.08. The molecule has 0 saturated carbocycles. The van der Waals surface area contributed by atoms with Gasteiger partial charge in [0.05, 0.1) is 7.11 Å². The lowest BCUT2D eigenvalue weighted by atomic mass is 11.8. The maximum absolute atomic E-state index is 9.29. The van der Waals surface area contributed by atoms with Gasteiger partial charge in [-0.15, -0.1) is 9.42 Å². The Kier molecular flexibility index (Phi) is 13.0. The van der Waals surface area contributed by atoms with Gasteiger partial charge in [-0.3, -0.25) is 0 Å². The second-order valence-electron chi connectivity index (χ2n) is 1.02. The van der Waals surface area contributed by atoms with Crippen molar-refractivity contribution in [2.75, 3.05) is 21.3 Å². The van der Waals surface area contributed by atoms with Gasteiger partial charge in [0.1, 0.15) is 0 Å². The van der Waals surface area contributed by atoms with Crippen LogP contribution in [0.5, 0.6) is 0 Å². The van der Waals surface area contributed by atoms with Crippen LogP contribution in [0.1, 0.15) is 0 Å². The molecule has 0 aromatic carbocycles. The molecule has 0 amide bonds. The Morgan fingerprint density at radius 1 is 1.27 bits per heavy atom. The highest BCUT2D eigenvalue weighted by Gasteiger charge is 2.02. The van der Waals surface area contributed by atoms with E-state index >= 15 is 0 Å². The van der Waals surface area contributed by atoms with Crippen molar-refractivity contribution in [3.05, 3.63) is 0 Å². The first-order valence-corrected chi connectivity index (χ1v) is 4.62. The van der Waals surface area contributed by atoms with Gasteiger partial charge in [0.25, 0.3) is 0 Å². The normalized spacial score (nSPS) is 10.5. The van der Waals surface area contributed by atoms with Gasteiger partial charge in [0.15, 0.2) is 0 Å². The van der Waals surface area contributed by atoms with E-state index in [4.69, 9.17) is 9.79 Å². The third kappa shape index (κ3) is 17.9. The van der Waals surface area contributed by atoms with Crippen molar-refractivity contribution < 1.29 is 27.9 Å². The summed E-state index contributed by atoms with van der Waals surface area (Å²) in [7, 11) is 0.00926. The molecule has 0 aliphatic rings. The lowest BCUT2D eigenvalue weighted by molar-refractivity contribution is 0.271. The molecule has 11 heavy (non-hydrogen) atoms. The predicted molar refractivity (Wildman–Crippen MR) is 40.0 cm³/mol. The second kappa shape index (κ2) is 10.3. The van der Waals surface area contributed by atoms with Gasteiger partial charge < -0.3 is 13.9 Å². The Morgan fingerprint density at radius 2 is 1.55 bits per heavy atom. The standard InChI is InChI=1S/C2H7O3P.CH3O3P/c1-4-6(3)5-2;1-4-5(2)3/h3H,1-2H3;1H3/p+1. The van der Waals surface area contributed by atoms with E-state index in [1.54, 1.807) is 0 Å². The van der Waals surface area contributed by atoms with Crippen molar-refractivity contribution in [1.29, 1.82) is 0 Å². The van der Waals surface area contributed by atoms with E-state index in [9.17, 15) is 4.57 Å². The highest BCUT2D eigenvalue weighted by molar-refractivity contribution is 7.40. The molecule has 0 aliphatic carbocycles. The SMILES string of the molecule is COP(O)OC.CO[P+](=O)O. The molecule has 6 nitrogen and oxygen atoms in total. The van der Waals surface area contributed by atoms with Crippen molar-refractivity contribution >= 4 is 16.9 Å². The van der Waals surface area contributed by atoms with Gasteiger partial charge in [0, 0.05) is 18.8 Å². The molecule has 1 unspecified atom stereocenters. The molecule has 0 bridgehead atoms. The van der Waals surface area contributed by atoms with Gasteiger partial charge in [-0.05, 0) is 0 Å². The Balaban J connectivity index is 0. The van der Waals surface area contributed by atoms with E-state index in [1.165, 1.54) is 21.3 Å². The van der Waals surface area contributed by atoms with Gasteiger partial charge in [-0.1, -0.05) is 0 Å². The monoisotopic (exact) mass is 205 g/mol. The van der Waals surface area contributed by atoms with Crippen LogP contribution in [-0.2, 0) is 18.1 Å². The predicted octanol–water partition coefficient (Wildman–Crippen LogP) is 0.781. The number of hydrogen-bond acceptors (Lipinski definition) is 5. The second-order valence-corrected chi connectivity index (χ2v) is 3.07. The van der Waals surface area contributed by atoms with Crippen LogP contribution in [0, 0.1) is 0 Å². The van der Waals surface area contributed by atoms with Gasteiger partial charge in [0.2, 0.25) is 0 Å². The van der Waals surface area contributed by atoms with Crippen molar-refractivity contribution in [3.63, 3.8) is 0 Å². The van der Waals surface area contributed by atoms with Gasteiger partial charge in [-0.2, -0.15) is 0 Å². The number of hydrogen-bond donors (Lipinski definition) is 2. The molecule has 0 saturated heterocycles. The molecule has 2 N–H and O–H groups in total. The van der Waals surface area contributed by atoms with E-state index in [0.717, 1.165) is 0 Å². The van der Waals surface area contributed by atoms with E-state index in [1.807, 2.05) is 0 Å². The number of rotatable bonds is 3. The molecule has 0 rings (SSSR count). The molecule has 0 radical (unpaired) electrons. The topological polar surface area (TPSA) is 85.2 Å². The first kappa shape index (κ1) is 13.9. The largest absolute Gasteiger partial charge is 0.694 e.